The van der Waals surface area contributed by atoms with Crippen molar-refractivity contribution in [2.45, 2.75) is 20.3 Å². The number of benzene rings is 2. The second-order valence-corrected chi connectivity index (χ2v) is 5.20. The van der Waals surface area contributed by atoms with Crippen molar-refractivity contribution < 1.29 is 9.18 Å². The molecule has 22 heavy (non-hydrogen) atoms. The highest BCUT2D eigenvalue weighted by Gasteiger charge is 2.10. The van der Waals surface area contributed by atoms with E-state index >= 15 is 0 Å². The van der Waals surface area contributed by atoms with Gasteiger partial charge in [-0.25, -0.2) is 4.39 Å². The van der Waals surface area contributed by atoms with Gasteiger partial charge in [-0.2, -0.15) is 0 Å². The number of rotatable bonds is 6. The highest BCUT2D eigenvalue weighted by Crippen LogP contribution is 2.17. The van der Waals surface area contributed by atoms with Crippen LogP contribution < -0.4 is 10.2 Å². The van der Waals surface area contributed by atoms with E-state index in [1.165, 1.54) is 11.6 Å². The molecule has 0 heterocycles. The first-order valence-electron chi connectivity index (χ1n) is 7.46. The summed E-state index contributed by atoms with van der Waals surface area (Å²) in [6, 6.07) is 14.4. The van der Waals surface area contributed by atoms with Gasteiger partial charge in [0.1, 0.15) is 5.82 Å². The van der Waals surface area contributed by atoms with Crippen LogP contribution in [-0.2, 0) is 4.79 Å². The molecular weight excluding hydrogens is 279 g/mol. The van der Waals surface area contributed by atoms with Gasteiger partial charge in [0.2, 0.25) is 5.91 Å². The maximum atomic E-state index is 13.5. The molecule has 1 amide bonds. The van der Waals surface area contributed by atoms with Gasteiger partial charge in [-0.05, 0) is 43.7 Å². The molecule has 4 heteroatoms. The first kappa shape index (κ1) is 16.0. The van der Waals surface area contributed by atoms with Crippen molar-refractivity contribution in [1.29, 1.82) is 0 Å². The summed E-state index contributed by atoms with van der Waals surface area (Å²) in [5.41, 5.74) is 2.51. The lowest BCUT2D eigenvalue weighted by Gasteiger charge is -2.23. The molecule has 0 aliphatic heterocycles. The lowest BCUT2D eigenvalue weighted by molar-refractivity contribution is -0.116. The van der Waals surface area contributed by atoms with Crippen molar-refractivity contribution in [3.63, 3.8) is 0 Å². The zero-order chi connectivity index (χ0) is 15.9. The number of nitrogens with one attached hydrogen (secondary N) is 1. The van der Waals surface area contributed by atoms with E-state index in [2.05, 4.69) is 23.2 Å². The van der Waals surface area contributed by atoms with Crippen molar-refractivity contribution in [2.24, 2.45) is 0 Å². The van der Waals surface area contributed by atoms with E-state index in [9.17, 15) is 9.18 Å². The Morgan fingerprint density at radius 2 is 1.95 bits per heavy atom. The van der Waals surface area contributed by atoms with Crippen molar-refractivity contribution >= 4 is 17.3 Å². The molecule has 2 rings (SSSR count). The van der Waals surface area contributed by atoms with Crippen molar-refractivity contribution in [1.82, 2.24) is 0 Å². The van der Waals surface area contributed by atoms with Crippen LogP contribution in [0.4, 0.5) is 15.8 Å². The van der Waals surface area contributed by atoms with Gasteiger partial charge in [-0.1, -0.05) is 24.3 Å². The third-order valence-electron chi connectivity index (χ3n) is 3.51. The Labute approximate surface area is 130 Å². The molecule has 0 radical (unpaired) electrons. The molecule has 0 unspecified atom stereocenters. The number of amides is 1. The van der Waals surface area contributed by atoms with E-state index in [4.69, 9.17) is 0 Å². The smallest absolute Gasteiger partial charge is 0.226 e. The maximum absolute atomic E-state index is 13.5. The lowest BCUT2D eigenvalue weighted by atomic mass is 10.2. The number of nitrogens with zero attached hydrogens (tertiary/aromatic N) is 1. The first-order valence-corrected chi connectivity index (χ1v) is 7.46. The Hall–Kier alpha value is -2.36. The fourth-order valence-corrected chi connectivity index (χ4v) is 2.31. The third-order valence-corrected chi connectivity index (χ3v) is 3.51. The quantitative estimate of drug-likeness (QED) is 0.875. The minimum absolute atomic E-state index is 0.184. The third kappa shape index (κ3) is 4.32. The van der Waals surface area contributed by atoms with E-state index in [0.29, 0.717) is 13.0 Å². The van der Waals surface area contributed by atoms with E-state index in [0.717, 1.165) is 12.2 Å². The Balaban J connectivity index is 1.93. The normalized spacial score (nSPS) is 10.3. The molecule has 0 bridgehead atoms. The minimum Gasteiger partial charge on any atom is -0.371 e. The van der Waals surface area contributed by atoms with Crippen LogP contribution in [0.25, 0.3) is 0 Å². The van der Waals surface area contributed by atoms with Crippen molar-refractivity contribution in [3.05, 3.63) is 59.9 Å². The van der Waals surface area contributed by atoms with Crippen LogP contribution in [0.2, 0.25) is 0 Å². The Kier molecular flexibility index (Phi) is 5.53. The van der Waals surface area contributed by atoms with Crippen LogP contribution in [0, 0.1) is 12.7 Å². The number of aryl methyl sites for hydroxylation is 1. The number of para-hydroxylation sites is 1. The molecule has 0 spiro atoms. The molecule has 0 saturated heterocycles. The molecule has 116 valence electrons. The van der Waals surface area contributed by atoms with Gasteiger partial charge in [-0.3, -0.25) is 4.79 Å². The zero-order valence-corrected chi connectivity index (χ0v) is 13.0. The molecular formula is C18H21FN2O. The average Bonchev–Trinajstić information content (AvgIpc) is 2.50. The van der Waals surface area contributed by atoms with Gasteiger partial charge < -0.3 is 10.2 Å². The minimum atomic E-state index is -0.415. The molecule has 0 aromatic heterocycles. The second-order valence-electron chi connectivity index (χ2n) is 5.20. The highest BCUT2D eigenvalue weighted by molar-refractivity contribution is 5.91. The summed E-state index contributed by atoms with van der Waals surface area (Å²) in [5, 5.41) is 2.61. The molecule has 0 atom stereocenters. The van der Waals surface area contributed by atoms with Gasteiger partial charge in [0, 0.05) is 25.2 Å². The molecule has 0 fully saturated rings. The predicted octanol–water partition coefficient (Wildman–Crippen LogP) is 3.99. The Morgan fingerprint density at radius 3 is 2.64 bits per heavy atom. The van der Waals surface area contributed by atoms with Crippen LogP contribution in [0.5, 0.6) is 0 Å². The number of carbonyl (C=O) groups excluding carboxylic acids is 1. The van der Waals surface area contributed by atoms with Gasteiger partial charge in [0.25, 0.3) is 0 Å². The molecule has 0 aliphatic carbocycles. The molecule has 2 aromatic rings. The summed E-state index contributed by atoms with van der Waals surface area (Å²) in [6.45, 7) is 5.51. The first-order chi connectivity index (χ1) is 10.6. The molecule has 2 aromatic carbocycles. The van der Waals surface area contributed by atoms with Crippen LogP contribution in [0.3, 0.4) is 0 Å². The molecule has 1 N–H and O–H groups in total. The summed E-state index contributed by atoms with van der Waals surface area (Å²) in [6.07, 6.45) is 0.316. The van der Waals surface area contributed by atoms with Gasteiger partial charge in [0.05, 0.1) is 5.69 Å². The Bertz CT molecular complexity index is 642. The van der Waals surface area contributed by atoms with E-state index in [1.54, 1.807) is 18.2 Å². The highest BCUT2D eigenvalue weighted by atomic mass is 19.1. The standard InChI is InChI=1S/C18H21FN2O/c1-3-21(15-8-6-7-14(2)13-15)12-11-18(22)20-17-10-5-4-9-16(17)19/h4-10,13H,3,11-12H2,1-2H3,(H,20,22). The molecule has 0 saturated carbocycles. The molecule has 0 aliphatic rings. The monoisotopic (exact) mass is 300 g/mol. The van der Waals surface area contributed by atoms with Crippen molar-refractivity contribution in [2.75, 3.05) is 23.3 Å². The van der Waals surface area contributed by atoms with Gasteiger partial charge in [-0.15, -0.1) is 0 Å². The van der Waals surface area contributed by atoms with Crippen LogP contribution >= 0.6 is 0 Å². The van der Waals surface area contributed by atoms with Crippen molar-refractivity contribution in [3.8, 4) is 0 Å². The SMILES string of the molecule is CCN(CCC(=O)Nc1ccccc1F)c1cccc(C)c1. The largest absolute Gasteiger partial charge is 0.371 e. The van der Waals surface area contributed by atoms with Gasteiger partial charge in [0.15, 0.2) is 0 Å². The number of hydrogen-bond acceptors (Lipinski definition) is 2. The summed E-state index contributed by atoms with van der Waals surface area (Å²) >= 11 is 0. The Morgan fingerprint density at radius 1 is 1.18 bits per heavy atom. The lowest BCUT2D eigenvalue weighted by Crippen LogP contribution is -2.27. The number of halogens is 1. The fraction of sp³-hybridized carbons (Fsp3) is 0.278. The van der Waals surface area contributed by atoms with E-state index < -0.39 is 5.82 Å². The summed E-state index contributed by atoms with van der Waals surface area (Å²) in [5.74, 6) is -0.599. The van der Waals surface area contributed by atoms with Crippen LogP contribution in [0.1, 0.15) is 18.9 Å². The fourth-order valence-electron chi connectivity index (χ4n) is 2.31. The topological polar surface area (TPSA) is 32.3 Å². The van der Waals surface area contributed by atoms with E-state index in [1.807, 2.05) is 25.1 Å². The number of anilines is 2. The summed E-state index contributed by atoms with van der Waals surface area (Å²) in [7, 11) is 0. The average molecular weight is 300 g/mol. The zero-order valence-electron chi connectivity index (χ0n) is 13.0. The predicted molar refractivity (Wildman–Crippen MR) is 88.7 cm³/mol. The maximum Gasteiger partial charge on any atom is 0.226 e. The summed E-state index contributed by atoms with van der Waals surface area (Å²) in [4.78, 5) is 14.1. The summed E-state index contributed by atoms with van der Waals surface area (Å²) < 4.78 is 13.5. The number of hydrogen-bond donors (Lipinski definition) is 1. The van der Waals surface area contributed by atoms with Gasteiger partial charge >= 0.3 is 0 Å². The molecule has 3 nitrogen and oxygen atoms in total. The van der Waals surface area contributed by atoms with Crippen LogP contribution in [0.15, 0.2) is 48.5 Å². The van der Waals surface area contributed by atoms with Crippen LogP contribution in [-0.4, -0.2) is 19.0 Å². The van der Waals surface area contributed by atoms with E-state index in [-0.39, 0.29) is 11.6 Å². The second kappa shape index (κ2) is 7.59. The number of carbonyl (C=O) groups is 1.